The second-order valence-electron chi connectivity index (χ2n) is 5.47. The van der Waals surface area contributed by atoms with E-state index in [1.807, 2.05) is 0 Å². The Balaban J connectivity index is 1.99. The number of nitrogens with zero attached hydrogens (tertiary/aromatic N) is 1. The summed E-state index contributed by atoms with van der Waals surface area (Å²) in [6.45, 7) is 12.3. The summed E-state index contributed by atoms with van der Waals surface area (Å²) in [7, 11) is 0. The monoisotopic (exact) mass is 256 g/mol. The van der Waals surface area contributed by atoms with Gasteiger partial charge in [-0.3, -0.25) is 0 Å². The molecule has 1 N–H and O–H groups in total. The molecule has 1 aliphatic heterocycles. The van der Waals surface area contributed by atoms with E-state index in [1.165, 1.54) is 32.1 Å². The molecule has 1 fully saturated rings. The summed E-state index contributed by atoms with van der Waals surface area (Å²) in [5.41, 5.74) is 0. The maximum absolute atomic E-state index is 5.75. The van der Waals surface area contributed by atoms with Crippen LogP contribution in [0, 0.1) is 0 Å². The fraction of sp³-hybridized carbons (Fsp3) is 1.00. The largest absolute Gasteiger partial charge is 0.378 e. The van der Waals surface area contributed by atoms with Crippen LogP contribution in [-0.2, 0) is 4.74 Å². The topological polar surface area (TPSA) is 24.5 Å². The van der Waals surface area contributed by atoms with E-state index in [1.54, 1.807) is 0 Å². The van der Waals surface area contributed by atoms with Crippen LogP contribution in [-0.4, -0.2) is 49.8 Å². The van der Waals surface area contributed by atoms with Gasteiger partial charge in [-0.1, -0.05) is 13.8 Å². The van der Waals surface area contributed by atoms with Crippen LogP contribution in [0.15, 0.2) is 0 Å². The lowest BCUT2D eigenvalue weighted by molar-refractivity contribution is 0.0101. The van der Waals surface area contributed by atoms with Crippen LogP contribution >= 0.6 is 0 Å². The van der Waals surface area contributed by atoms with Gasteiger partial charge in [0.05, 0.1) is 6.10 Å². The third-order valence-electron chi connectivity index (χ3n) is 3.90. The van der Waals surface area contributed by atoms with Crippen LogP contribution in [0.3, 0.4) is 0 Å². The summed E-state index contributed by atoms with van der Waals surface area (Å²) in [6, 6.07) is 0.595. The molecule has 0 aromatic rings. The molecule has 0 aromatic carbocycles. The summed E-state index contributed by atoms with van der Waals surface area (Å²) in [5, 5.41) is 3.62. The Morgan fingerprint density at radius 1 is 1.28 bits per heavy atom. The molecule has 1 aliphatic rings. The van der Waals surface area contributed by atoms with Crippen molar-refractivity contribution in [1.29, 1.82) is 0 Å². The highest BCUT2D eigenvalue weighted by atomic mass is 16.5. The van der Waals surface area contributed by atoms with Gasteiger partial charge in [-0.25, -0.2) is 0 Å². The van der Waals surface area contributed by atoms with Crippen LogP contribution in [0.25, 0.3) is 0 Å². The molecule has 2 unspecified atom stereocenters. The molecule has 3 heteroatoms. The summed E-state index contributed by atoms with van der Waals surface area (Å²) in [5.74, 6) is 0. The number of hydrogen-bond acceptors (Lipinski definition) is 3. The van der Waals surface area contributed by atoms with E-state index in [4.69, 9.17) is 4.74 Å². The molecule has 1 rings (SSSR count). The van der Waals surface area contributed by atoms with Crippen molar-refractivity contribution in [2.75, 3.05) is 32.8 Å². The highest BCUT2D eigenvalue weighted by Crippen LogP contribution is 2.16. The third-order valence-corrected chi connectivity index (χ3v) is 3.90. The SMILES string of the molecule is CCN(CC)CC(C)NCCCC1CCCCO1. The van der Waals surface area contributed by atoms with Crippen LogP contribution < -0.4 is 5.32 Å². The van der Waals surface area contributed by atoms with E-state index in [0.717, 1.165) is 32.8 Å². The molecular formula is C15H32N2O. The second kappa shape index (κ2) is 9.76. The van der Waals surface area contributed by atoms with Crippen LogP contribution in [0.2, 0.25) is 0 Å². The number of rotatable bonds is 9. The Morgan fingerprint density at radius 2 is 2.06 bits per heavy atom. The molecule has 2 atom stereocenters. The summed E-state index contributed by atoms with van der Waals surface area (Å²) in [4.78, 5) is 2.47. The lowest BCUT2D eigenvalue weighted by atomic mass is 10.0. The zero-order valence-electron chi connectivity index (χ0n) is 12.6. The molecule has 0 amide bonds. The van der Waals surface area contributed by atoms with Gasteiger partial charge in [0, 0.05) is 19.2 Å². The summed E-state index contributed by atoms with van der Waals surface area (Å²) in [6.07, 6.45) is 6.90. The van der Waals surface area contributed by atoms with Crippen LogP contribution in [0.4, 0.5) is 0 Å². The van der Waals surface area contributed by atoms with E-state index in [0.29, 0.717) is 12.1 Å². The standard InChI is InChI=1S/C15H32N2O/c1-4-17(5-2)13-14(3)16-11-8-10-15-9-6-7-12-18-15/h14-16H,4-13H2,1-3H3. The van der Waals surface area contributed by atoms with E-state index in [9.17, 15) is 0 Å². The van der Waals surface area contributed by atoms with Crippen molar-refractivity contribution in [3.05, 3.63) is 0 Å². The number of ether oxygens (including phenoxy) is 1. The van der Waals surface area contributed by atoms with Crippen LogP contribution in [0.1, 0.15) is 52.9 Å². The molecule has 0 bridgehead atoms. The minimum atomic E-state index is 0.540. The molecular weight excluding hydrogens is 224 g/mol. The number of nitrogens with one attached hydrogen (secondary N) is 1. The maximum Gasteiger partial charge on any atom is 0.0575 e. The third kappa shape index (κ3) is 6.72. The lowest BCUT2D eigenvalue weighted by Crippen LogP contribution is -2.39. The zero-order chi connectivity index (χ0) is 13.2. The quantitative estimate of drug-likeness (QED) is 0.642. The van der Waals surface area contributed by atoms with Crippen molar-refractivity contribution >= 4 is 0 Å². The minimum Gasteiger partial charge on any atom is -0.378 e. The first-order chi connectivity index (χ1) is 8.76. The summed E-state index contributed by atoms with van der Waals surface area (Å²) >= 11 is 0. The average molecular weight is 256 g/mol. The highest BCUT2D eigenvalue weighted by molar-refractivity contribution is 4.68. The van der Waals surface area contributed by atoms with Crippen molar-refractivity contribution < 1.29 is 4.74 Å². The lowest BCUT2D eigenvalue weighted by Gasteiger charge is -2.25. The normalized spacial score (nSPS) is 22.3. The zero-order valence-corrected chi connectivity index (χ0v) is 12.6. The van der Waals surface area contributed by atoms with Gasteiger partial charge in [0.25, 0.3) is 0 Å². The van der Waals surface area contributed by atoms with E-state index >= 15 is 0 Å². The fourth-order valence-electron chi connectivity index (χ4n) is 2.65. The molecule has 0 radical (unpaired) electrons. The van der Waals surface area contributed by atoms with Gasteiger partial charge >= 0.3 is 0 Å². The van der Waals surface area contributed by atoms with Crippen molar-refractivity contribution in [3.8, 4) is 0 Å². The van der Waals surface area contributed by atoms with Crippen molar-refractivity contribution in [3.63, 3.8) is 0 Å². The van der Waals surface area contributed by atoms with E-state index < -0.39 is 0 Å². The molecule has 0 aliphatic carbocycles. The van der Waals surface area contributed by atoms with Gasteiger partial charge in [0.2, 0.25) is 0 Å². The fourth-order valence-corrected chi connectivity index (χ4v) is 2.65. The van der Waals surface area contributed by atoms with E-state index in [2.05, 4.69) is 31.0 Å². The minimum absolute atomic E-state index is 0.540. The molecule has 0 spiro atoms. The van der Waals surface area contributed by atoms with Crippen molar-refractivity contribution in [2.45, 2.75) is 65.0 Å². The molecule has 0 aromatic heterocycles. The Kier molecular flexibility index (Phi) is 8.64. The van der Waals surface area contributed by atoms with Gasteiger partial charge < -0.3 is 15.0 Å². The smallest absolute Gasteiger partial charge is 0.0575 e. The maximum atomic E-state index is 5.75. The van der Waals surface area contributed by atoms with Crippen molar-refractivity contribution in [1.82, 2.24) is 10.2 Å². The molecule has 0 saturated carbocycles. The predicted octanol–water partition coefficient (Wildman–Crippen LogP) is 2.66. The molecule has 18 heavy (non-hydrogen) atoms. The van der Waals surface area contributed by atoms with Gasteiger partial charge in [-0.2, -0.15) is 0 Å². The van der Waals surface area contributed by atoms with Crippen molar-refractivity contribution in [2.24, 2.45) is 0 Å². The van der Waals surface area contributed by atoms with Gasteiger partial charge in [-0.05, 0) is 58.7 Å². The number of hydrogen-bond donors (Lipinski definition) is 1. The first-order valence-corrected chi connectivity index (χ1v) is 7.83. The summed E-state index contributed by atoms with van der Waals surface area (Å²) < 4.78 is 5.75. The molecule has 1 heterocycles. The average Bonchev–Trinajstić information content (AvgIpc) is 2.42. The number of likely N-dealkylation sites (N-methyl/N-ethyl adjacent to an activating group) is 1. The Labute approximate surface area is 113 Å². The Hall–Kier alpha value is -0.120. The van der Waals surface area contributed by atoms with Gasteiger partial charge in [-0.15, -0.1) is 0 Å². The Bertz CT molecular complexity index is 189. The molecule has 108 valence electrons. The second-order valence-corrected chi connectivity index (χ2v) is 5.47. The Morgan fingerprint density at radius 3 is 2.67 bits per heavy atom. The van der Waals surface area contributed by atoms with E-state index in [-0.39, 0.29) is 0 Å². The highest BCUT2D eigenvalue weighted by Gasteiger charge is 2.13. The first kappa shape index (κ1) is 15.9. The van der Waals surface area contributed by atoms with Gasteiger partial charge in [0.1, 0.15) is 0 Å². The van der Waals surface area contributed by atoms with Gasteiger partial charge in [0.15, 0.2) is 0 Å². The molecule has 1 saturated heterocycles. The first-order valence-electron chi connectivity index (χ1n) is 7.83. The van der Waals surface area contributed by atoms with Crippen LogP contribution in [0.5, 0.6) is 0 Å². The predicted molar refractivity (Wildman–Crippen MR) is 78.1 cm³/mol. The molecule has 3 nitrogen and oxygen atoms in total.